The second-order valence-corrected chi connectivity index (χ2v) is 6.49. The Morgan fingerprint density at radius 3 is 2.52 bits per heavy atom. The van der Waals surface area contributed by atoms with E-state index in [2.05, 4.69) is 5.32 Å². The van der Waals surface area contributed by atoms with Gasteiger partial charge in [0, 0.05) is 30.4 Å². The third kappa shape index (κ3) is 3.84. The van der Waals surface area contributed by atoms with E-state index in [4.69, 9.17) is 10.2 Å². The van der Waals surface area contributed by atoms with Gasteiger partial charge in [-0.25, -0.2) is 0 Å². The van der Waals surface area contributed by atoms with Crippen LogP contribution in [0.5, 0.6) is 0 Å². The van der Waals surface area contributed by atoms with Crippen LogP contribution in [0.2, 0.25) is 0 Å². The molecule has 0 saturated carbocycles. The van der Waals surface area contributed by atoms with Crippen molar-refractivity contribution in [2.75, 3.05) is 18.8 Å². The second kappa shape index (κ2) is 7.01. The average Bonchev–Trinajstić information content (AvgIpc) is 2.93. The number of piperidine rings is 1. The zero-order chi connectivity index (χ0) is 18.0. The zero-order valence-electron chi connectivity index (χ0n) is 14.5. The molecule has 0 spiro atoms. The first-order valence-electron chi connectivity index (χ1n) is 8.47. The lowest BCUT2D eigenvalue weighted by atomic mass is 10.0. The maximum atomic E-state index is 12.5. The lowest BCUT2D eigenvalue weighted by molar-refractivity contribution is 0.0698. The number of furan rings is 1. The summed E-state index contributed by atoms with van der Waals surface area (Å²) in [6.45, 7) is 4.84. The minimum absolute atomic E-state index is 0.0154. The van der Waals surface area contributed by atoms with Crippen LogP contribution in [0.3, 0.4) is 0 Å². The van der Waals surface area contributed by atoms with Crippen molar-refractivity contribution in [1.29, 1.82) is 0 Å². The van der Waals surface area contributed by atoms with E-state index in [1.54, 1.807) is 37.3 Å². The summed E-state index contributed by atoms with van der Waals surface area (Å²) in [5, 5.41) is 3.04. The molecule has 2 aromatic rings. The molecule has 1 saturated heterocycles. The van der Waals surface area contributed by atoms with Crippen LogP contribution in [0.15, 0.2) is 34.7 Å². The number of nitrogen functional groups attached to an aromatic ring is 1. The van der Waals surface area contributed by atoms with Gasteiger partial charge in [-0.2, -0.15) is 0 Å². The first kappa shape index (κ1) is 17.1. The van der Waals surface area contributed by atoms with E-state index in [-0.39, 0.29) is 17.9 Å². The Bertz CT molecular complexity index is 789. The topological polar surface area (TPSA) is 88.6 Å². The fraction of sp³-hybridized carbons (Fsp3) is 0.368. The summed E-state index contributed by atoms with van der Waals surface area (Å²) in [5.41, 5.74) is 7.51. The van der Waals surface area contributed by atoms with Gasteiger partial charge >= 0.3 is 0 Å². The van der Waals surface area contributed by atoms with E-state index in [0.29, 0.717) is 35.7 Å². The van der Waals surface area contributed by atoms with Crippen molar-refractivity contribution >= 4 is 17.5 Å². The van der Waals surface area contributed by atoms with Gasteiger partial charge in [0.2, 0.25) is 0 Å². The lowest BCUT2D eigenvalue weighted by Gasteiger charge is -2.32. The molecule has 0 atom stereocenters. The van der Waals surface area contributed by atoms with Crippen molar-refractivity contribution in [3.63, 3.8) is 0 Å². The number of aryl methyl sites for hydroxylation is 2. The van der Waals surface area contributed by atoms with E-state index in [0.717, 1.165) is 18.6 Å². The number of carbonyl (C=O) groups is 2. The quantitative estimate of drug-likeness (QED) is 0.840. The molecule has 3 N–H and O–H groups in total. The highest BCUT2D eigenvalue weighted by atomic mass is 16.3. The molecule has 1 aliphatic rings. The molecule has 3 rings (SSSR count). The van der Waals surface area contributed by atoms with Crippen molar-refractivity contribution in [3.05, 3.63) is 53.0 Å². The molecule has 2 heterocycles. The van der Waals surface area contributed by atoms with Crippen LogP contribution in [0.1, 0.15) is 45.1 Å². The van der Waals surface area contributed by atoms with Crippen molar-refractivity contribution in [2.45, 2.75) is 32.7 Å². The first-order valence-corrected chi connectivity index (χ1v) is 8.47. The molecule has 1 aliphatic heterocycles. The standard InChI is InChI=1S/C19H23N3O3/c1-12-10-17(13(2)25-12)18(23)21-16-6-8-22(9-7-16)19(24)14-4-3-5-15(20)11-14/h3-5,10-11,16H,6-9,20H2,1-2H3,(H,21,23). The third-order valence-corrected chi connectivity index (χ3v) is 4.54. The smallest absolute Gasteiger partial charge is 0.255 e. The van der Waals surface area contributed by atoms with Gasteiger partial charge in [-0.15, -0.1) is 0 Å². The summed E-state index contributed by atoms with van der Waals surface area (Å²) in [7, 11) is 0. The number of nitrogens with one attached hydrogen (secondary N) is 1. The molecular weight excluding hydrogens is 318 g/mol. The zero-order valence-corrected chi connectivity index (χ0v) is 14.5. The van der Waals surface area contributed by atoms with E-state index in [1.807, 2.05) is 11.8 Å². The number of likely N-dealkylation sites (tertiary alicyclic amines) is 1. The lowest BCUT2D eigenvalue weighted by Crippen LogP contribution is -2.46. The van der Waals surface area contributed by atoms with Gasteiger partial charge in [0.15, 0.2) is 0 Å². The molecule has 132 valence electrons. The Hall–Kier alpha value is -2.76. The molecule has 0 bridgehead atoms. The van der Waals surface area contributed by atoms with Crippen LogP contribution in [-0.2, 0) is 0 Å². The highest BCUT2D eigenvalue weighted by Gasteiger charge is 2.25. The molecule has 1 aromatic carbocycles. The summed E-state index contributed by atoms with van der Waals surface area (Å²) in [5.74, 6) is 1.22. The molecule has 0 radical (unpaired) electrons. The first-order chi connectivity index (χ1) is 11.9. The summed E-state index contributed by atoms with van der Waals surface area (Å²) < 4.78 is 5.41. The Morgan fingerprint density at radius 1 is 1.20 bits per heavy atom. The Kier molecular flexibility index (Phi) is 4.79. The maximum absolute atomic E-state index is 12.5. The van der Waals surface area contributed by atoms with Crippen LogP contribution in [0.4, 0.5) is 5.69 Å². The number of anilines is 1. The van der Waals surface area contributed by atoms with Crippen LogP contribution in [0.25, 0.3) is 0 Å². The molecule has 2 amide bonds. The van der Waals surface area contributed by atoms with Crippen molar-refractivity contribution < 1.29 is 14.0 Å². The van der Waals surface area contributed by atoms with E-state index in [1.165, 1.54) is 0 Å². The summed E-state index contributed by atoms with van der Waals surface area (Å²) in [4.78, 5) is 26.7. The fourth-order valence-corrected chi connectivity index (χ4v) is 3.20. The van der Waals surface area contributed by atoms with E-state index >= 15 is 0 Å². The predicted octanol–water partition coefficient (Wildman–Crippen LogP) is 2.51. The van der Waals surface area contributed by atoms with Gasteiger partial charge < -0.3 is 20.4 Å². The summed E-state index contributed by atoms with van der Waals surface area (Å²) >= 11 is 0. The van der Waals surface area contributed by atoms with Gasteiger partial charge in [-0.05, 0) is 51.0 Å². The molecule has 0 unspecified atom stereocenters. The number of rotatable bonds is 3. The number of nitrogens with two attached hydrogens (primary N) is 1. The van der Waals surface area contributed by atoms with Crippen LogP contribution in [-0.4, -0.2) is 35.8 Å². The van der Waals surface area contributed by atoms with Gasteiger partial charge in [0.05, 0.1) is 5.56 Å². The molecular formula is C19H23N3O3. The van der Waals surface area contributed by atoms with E-state index in [9.17, 15) is 9.59 Å². The summed E-state index contributed by atoms with van der Waals surface area (Å²) in [6, 6.07) is 8.83. The number of benzene rings is 1. The Labute approximate surface area is 147 Å². The average molecular weight is 341 g/mol. The van der Waals surface area contributed by atoms with Gasteiger partial charge in [-0.3, -0.25) is 9.59 Å². The number of carbonyl (C=O) groups excluding carboxylic acids is 2. The molecule has 0 aliphatic carbocycles. The number of hydrogen-bond donors (Lipinski definition) is 2. The minimum atomic E-state index is -0.116. The minimum Gasteiger partial charge on any atom is -0.466 e. The highest BCUT2D eigenvalue weighted by molar-refractivity contribution is 5.96. The van der Waals surface area contributed by atoms with Crippen molar-refractivity contribution in [3.8, 4) is 0 Å². The monoisotopic (exact) mass is 341 g/mol. The molecule has 6 heteroatoms. The number of amides is 2. The molecule has 1 fully saturated rings. The maximum Gasteiger partial charge on any atom is 0.255 e. The molecule has 6 nitrogen and oxygen atoms in total. The van der Waals surface area contributed by atoms with Crippen LogP contribution in [0, 0.1) is 13.8 Å². The molecule has 1 aromatic heterocycles. The largest absolute Gasteiger partial charge is 0.466 e. The Balaban J connectivity index is 1.56. The van der Waals surface area contributed by atoms with Crippen molar-refractivity contribution in [1.82, 2.24) is 10.2 Å². The predicted molar refractivity (Wildman–Crippen MR) is 95.4 cm³/mol. The molecule has 25 heavy (non-hydrogen) atoms. The SMILES string of the molecule is Cc1cc(C(=O)NC2CCN(C(=O)c3cccc(N)c3)CC2)c(C)o1. The summed E-state index contributed by atoms with van der Waals surface area (Å²) in [6.07, 6.45) is 1.46. The second-order valence-electron chi connectivity index (χ2n) is 6.49. The normalized spacial score (nSPS) is 15.2. The van der Waals surface area contributed by atoms with Gasteiger partial charge in [-0.1, -0.05) is 6.07 Å². The Morgan fingerprint density at radius 2 is 1.92 bits per heavy atom. The van der Waals surface area contributed by atoms with Crippen molar-refractivity contribution in [2.24, 2.45) is 0 Å². The van der Waals surface area contributed by atoms with Crippen LogP contribution >= 0.6 is 0 Å². The van der Waals surface area contributed by atoms with E-state index < -0.39 is 0 Å². The number of nitrogens with zero attached hydrogens (tertiary/aromatic N) is 1. The van der Waals surface area contributed by atoms with Gasteiger partial charge in [0.25, 0.3) is 11.8 Å². The number of hydrogen-bond acceptors (Lipinski definition) is 4. The van der Waals surface area contributed by atoms with Gasteiger partial charge in [0.1, 0.15) is 11.5 Å². The third-order valence-electron chi connectivity index (χ3n) is 4.54. The van der Waals surface area contributed by atoms with Crippen LogP contribution < -0.4 is 11.1 Å². The highest BCUT2D eigenvalue weighted by Crippen LogP contribution is 2.18. The fourth-order valence-electron chi connectivity index (χ4n) is 3.20.